The van der Waals surface area contributed by atoms with Crippen molar-refractivity contribution in [3.05, 3.63) is 22.7 Å². The molecule has 162 valence electrons. The van der Waals surface area contributed by atoms with Gasteiger partial charge in [0.15, 0.2) is 11.5 Å². The largest absolute Gasteiger partial charge is 0.493 e. The molecule has 0 aromatic heterocycles. The number of likely N-dealkylation sites (tertiary alicyclic amines) is 1. The second-order valence-corrected chi connectivity index (χ2v) is 8.37. The number of methoxy groups -OCH3 is 1. The Hall–Kier alpha value is -1.54. The van der Waals surface area contributed by atoms with Crippen molar-refractivity contribution in [2.75, 3.05) is 33.4 Å². The first-order valence-electron chi connectivity index (χ1n) is 10.1. The molecule has 0 radical (unpaired) electrons. The smallest absolute Gasteiger partial charge is 0.290 e. The molecule has 1 spiro atoms. The van der Waals surface area contributed by atoms with Crippen LogP contribution in [0.5, 0.6) is 11.5 Å². The monoisotopic (exact) mass is 427 g/mol. The highest BCUT2D eigenvalue weighted by atomic mass is 35.5. The predicted molar refractivity (Wildman–Crippen MR) is 109 cm³/mol. The van der Waals surface area contributed by atoms with Crippen LogP contribution in [-0.4, -0.2) is 66.7 Å². The van der Waals surface area contributed by atoms with Crippen molar-refractivity contribution in [1.29, 1.82) is 0 Å². The minimum atomic E-state index is -0.250. The molecule has 0 aliphatic carbocycles. The number of nitrogens with zero attached hydrogens (tertiary/aromatic N) is 1. The standard InChI is InChI=1S/C20H28ClNO4.CH2O2/c1-3-6-25-19-13(7-14(21)8-18(19)24-2)9-22-10-16-15(11-23)17-4-5-20(16,12-22)26-17;2-1-3/h7-8,15-17,23H,3-6,9-12H2,1-2H3;1H,(H,2,3)/t15-,16+,17+,20+;/m0./s1. The van der Waals surface area contributed by atoms with Crippen molar-refractivity contribution in [1.82, 2.24) is 4.90 Å². The number of hydrogen-bond donors (Lipinski definition) is 2. The first-order valence-corrected chi connectivity index (χ1v) is 10.5. The molecule has 0 amide bonds. The molecule has 3 fully saturated rings. The van der Waals surface area contributed by atoms with E-state index < -0.39 is 0 Å². The Bertz CT molecular complexity index is 717. The van der Waals surface area contributed by atoms with Gasteiger partial charge >= 0.3 is 0 Å². The van der Waals surface area contributed by atoms with Crippen LogP contribution < -0.4 is 9.47 Å². The second kappa shape index (κ2) is 9.51. The lowest BCUT2D eigenvalue weighted by atomic mass is 9.74. The summed E-state index contributed by atoms with van der Waals surface area (Å²) in [4.78, 5) is 10.8. The van der Waals surface area contributed by atoms with Crippen molar-refractivity contribution in [2.45, 2.75) is 44.4 Å². The highest BCUT2D eigenvalue weighted by Crippen LogP contribution is 2.55. The normalized spacial score (nSPS) is 29.9. The highest BCUT2D eigenvalue weighted by Gasteiger charge is 2.62. The number of carboxylic acid groups (broad SMARTS) is 1. The predicted octanol–water partition coefficient (Wildman–Crippen LogP) is 2.81. The summed E-state index contributed by atoms with van der Waals surface area (Å²) in [6, 6.07) is 3.78. The van der Waals surface area contributed by atoms with Gasteiger partial charge in [-0.05, 0) is 25.3 Å². The SMILES string of the molecule is CCCOc1c(CN2C[C@@H]3[C@H](CO)[C@H]4CC[C@]3(C2)O4)cc(Cl)cc1OC.O=CO. The molecule has 4 atom stereocenters. The molecule has 0 unspecified atom stereocenters. The number of aliphatic hydroxyl groups is 1. The van der Waals surface area contributed by atoms with E-state index >= 15 is 0 Å². The van der Waals surface area contributed by atoms with Gasteiger partial charge in [-0.2, -0.15) is 0 Å². The van der Waals surface area contributed by atoms with Gasteiger partial charge in [0.25, 0.3) is 6.47 Å². The van der Waals surface area contributed by atoms with Crippen LogP contribution in [0, 0.1) is 11.8 Å². The first-order chi connectivity index (χ1) is 14.0. The maximum Gasteiger partial charge on any atom is 0.290 e. The maximum absolute atomic E-state index is 9.80. The molecule has 29 heavy (non-hydrogen) atoms. The molecule has 7 nitrogen and oxygen atoms in total. The molecule has 1 aromatic rings. The van der Waals surface area contributed by atoms with Crippen molar-refractivity contribution >= 4 is 18.1 Å². The molecular formula is C21H30ClNO6. The molecular weight excluding hydrogens is 398 g/mol. The number of benzene rings is 1. The van der Waals surface area contributed by atoms with Crippen LogP contribution in [0.25, 0.3) is 0 Å². The Morgan fingerprint density at radius 1 is 1.45 bits per heavy atom. The lowest BCUT2D eigenvalue weighted by Crippen LogP contribution is -2.37. The summed E-state index contributed by atoms with van der Waals surface area (Å²) in [6.07, 6.45) is 3.37. The summed E-state index contributed by atoms with van der Waals surface area (Å²) in [7, 11) is 1.64. The fourth-order valence-electron chi connectivity index (χ4n) is 5.15. The topological polar surface area (TPSA) is 88.5 Å². The molecule has 1 aromatic carbocycles. The van der Waals surface area contributed by atoms with E-state index in [0.717, 1.165) is 50.2 Å². The van der Waals surface area contributed by atoms with Crippen LogP contribution in [0.3, 0.4) is 0 Å². The van der Waals surface area contributed by atoms with Gasteiger partial charge in [0.05, 0.1) is 25.4 Å². The zero-order valence-electron chi connectivity index (χ0n) is 17.0. The Morgan fingerprint density at radius 3 is 2.86 bits per heavy atom. The van der Waals surface area contributed by atoms with Crippen molar-refractivity contribution in [3.63, 3.8) is 0 Å². The molecule has 3 aliphatic heterocycles. The van der Waals surface area contributed by atoms with Crippen LogP contribution >= 0.6 is 11.6 Å². The summed E-state index contributed by atoms with van der Waals surface area (Å²) in [6.45, 7) is 5.32. The third-order valence-corrected chi connectivity index (χ3v) is 6.44. The molecule has 3 heterocycles. The van der Waals surface area contributed by atoms with Crippen LogP contribution in [0.1, 0.15) is 31.7 Å². The zero-order chi connectivity index (χ0) is 21.0. The lowest BCUT2D eigenvalue weighted by molar-refractivity contribution is -0.122. The minimum Gasteiger partial charge on any atom is -0.493 e. The van der Waals surface area contributed by atoms with E-state index in [-0.39, 0.29) is 30.7 Å². The number of rotatable bonds is 7. The minimum absolute atomic E-state index is 0.0643. The molecule has 8 heteroatoms. The van der Waals surface area contributed by atoms with Gasteiger partial charge in [0.1, 0.15) is 0 Å². The number of hydrogen-bond acceptors (Lipinski definition) is 6. The van der Waals surface area contributed by atoms with Crippen LogP contribution in [-0.2, 0) is 16.1 Å². The average Bonchev–Trinajstić information content (AvgIpc) is 3.34. The van der Waals surface area contributed by atoms with Gasteiger partial charge in [-0.1, -0.05) is 18.5 Å². The molecule has 4 rings (SSSR count). The van der Waals surface area contributed by atoms with Gasteiger partial charge in [0, 0.05) is 54.7 Å². The Kier molecular flexibility index (Phi) is 7.27. The Labute approximate surface area is 176 Å². The lowest BCUT2D eigenvalue weighted by Gasteiger charge is -2.28. The van der Waals surface area contributed by atoms with Crippen LogP contribution in [0.15, 0.2) is 12.1 Å². The molecule has 2 N–H and O–H groups in total. The number of fused-ring (bicyclic) bond motifs is 1. The average molecular weight is 428 g/mol. The summed E-state index contributed by atoms with van der Waals surface area (Å²) in [5.74, 6) is 2.17. The zero-order valence-corrected chi connectivity index (χ0v) is 17.7. The summed E-state index contributed by atoms with van der Waals surface area (Å²) in [5, 5.41) is 17.3. The van der Waals surface area contributed by atoms with Gasteiger partial charge in [-0.15, -0.1) is 0 Å². The van der Waals surface area contributed by atoms with Gasteiger partial charge in [-0.25, -0.2) is 0 Å². The molecule has 3 aliphatic rings. The Morgan fingerprint density at radius 2 is 2.21 bits per heavy atom. The Balaban J connectivity index is 0.000000755. The van der Waals surface area contributed by atoms with Gasteiger partial charge in [0.2, 0.25) is 0 Å². The van der Waals surface area contributed by atoms with E-state index in [1.165, 1.54) is 0 Å². The molecule has 0 saturated carbocycles. The highest BCUT2D eigenvalue weighted by molar-refractivity contribution is 6.30. The van der Waals surface area contributed by atoms with Crippen LogP contribution in [0.4, 0.5) is 0 Å². The summed E-state index contributed by atoms with van der Waals surface area (Å²) in [5.41, 5.74) is 0.986. The van der Waals surface area contributed by atoms with E-state index in [1.807, 2.05) is 6.07 Å². The molecule has 3 saturated heterocycles. The summed E-state index contributed by atoms with van der Waals surface area (Å²) < 4.78 is 17.8. The van der Waals surface area contributed by atoms with E-state index in [9.17, 15) is 5.11 Å². The number of halogens is 1. The summed E-state index contributed by atoms with van der Waals surface area (Å²) >= 11 is 6.31. The van der Waals surface area contributed by atoms with E-state index in [2.05, 4.69) is 11.8 Å². The second-order valence-electron chi connectivity index (χ2n) is 7.93. The van der Waals surface area contributed by atoms with E-state index in [1.54, 1.807) is 13.2 Å². The fraction of sp³-hybridized carbons (Fsp3) is 0.667. The van der Waals surface area contributed by atoms with Crippen LogP contribution in [0.2, 0.25) is 5.02 Å². The molecule has 2 bridgehead atoms. The quantitative estimate of drug-likeness (QED) is 0.647. The fourth-order valence-corrected chi connectivity index (χ4v) is 5.38. The van der Waals surface area contributed by atoms with Gasteiger partial charge < -0.3 is 24.4 Å². The van der Waals surface area contributed by atoms with Gasteiger partial charge in [-0.3, -0.25) is 9.69 Å². The number of ether oxygens (including phenoxy) is 3. The number of carbonyl (C=O) groups is 1. The number of aliphatic hydroxyl groups excluding tert-OH is 1. The third-order valence-electron chi connectivity index (χ3n) is 6.23. The van der Waals surface area contributed by atoms with E-state index in [4.69, 9.17) is 35.7 Å². The van der Waals surface area contributed by atoms with Crippen molar-refractivity contribution < 1.29 is 29.2 Å². The van der Waals surface area contributed by atoms with Crippen molar-refractivity contribution in [2.24, 2.45) is 11.8 Å². The first kappa shape index (κ1) is 22.2. The third kappa shape index (κ3) is 4.33. The van der Waals surface area contributed by atoms with E-state index in [0.29, 0.717) is 23.3 Å². The maximum atomic E-state index is 9.80. The van der Waals surface area contributed by atoms with Crippen molar-refractivity contribution in [3.8, 4) is 11.5 Å².